The summed E-state index contributed by atoms with van der Waals surface area (Å²) in [6.45, 7) is 8.13. The Kier molecular flexibility index (Phi) is 3.20. The number of likely N-dealkylation sites (tertiary alicyclic amines) is 1. The van der Waals surface area contributed by atoms with E-state index in [4.69, 9.17) is 0 Å². The summed E-state index contributed by atoms with van der Waals surface area (Å²) >= 11 is 0. The molecule has 82 valence electrons. The van der Waals surface area contributed by atoms with Crippen LogP contribution in [0, 0.1) is 5.41 Å². The minimum Gasteiger partial charge on any atom is -0.339 e. The Hall–Kier alpha value is -0.570. The minimum atomic E-state index is 0.111. The van der Waals surface area contributed by atoms with Gasteiger partial charge >= 0.3 is 0 Å². The van der Waals surface area contributed by atoms with E-state index in [1.54, 1.807) is 0 Å². The molecule has 14 heavy (non-hydrogen) atoms. The van der Waals surface area contributed by atoms with Gasteiger partial charge in [-0.3, -0.25) is 4.79 Å². The lowest BCUT2D eigenvalue weighted by atomic mass is 9.90. The zero-order valence-corrected chi connectivity index (χ0v) is 10.0. The first-order valence-corrected chi connectivity index (χ1v) is 5.24. The molecule has 3 nitrogen and oxygen atoms in total. The number of hydrogen-bond acceptors (Lipinski definition) is 2. The fourth-order valence-corrected chi connectivity index (χ4v) is 1.55. The molecule has 0 aliphatic carbocycles. The molecule has 0 aromatic carbocycles. The van der Waals surface area contributed by atoms with Gasteiger partial charge in [-0.15, -0.1) is 0 Å². The molecule has 1 heterocycles. The maximum Gasteiger partial charge on any atom is 0.223 e. The van der Waals surface area contributed by atoms with Crippen molar-refractivity contribution in [3.63, 3.8) is 0 Å². The molecule has 0 N–H and O–H groups in total. The van der Waals surface area contributed by atoms with Crippen LogP contribution in [0.4, 0.5) is 0 Å². The monoisotopic (exact) mass is 198 g/mol. The molecule has 0 atom stereocenters. The van der Waals surface area contributed by atoms with E-state index >= 15 is 0 Å². The van der Waals surface area contributed by atoms with Crippen molar-refractivity contribution in [2.45, 2.75) is 33.2 Å². The highest BCUT2D eigenvalue weighted by molar-refractivity contribution is 5.77. The molecule has 1 saturated heterocycles. The standard InChI is InChI=1S/C11H22N2O/c1-11(2,3)6-10(14)13-7-9(8-13)12(4)5/h9H,6-8H2,1-5H3. The summed E-state index contributed by atoms with van der Waals surface area (Å²) in [4.78, 5) is 15.9. The highest BCUT2D eigenvalue weighted by atomic mass is 16.2. The lowest BCUT2D eigenvalue weighted by Crippen LogP contribution is -2.59. The van der Waals surface area contributed by atoms with Crippen LogP contribution in [-0.4, -0.2) is 48.9 Å². The molecule has 1 aliphatic rings. The van der Waals surface area contributed by atoms with Gasteiger partial charge in [0.1, 0.15) is 0 Å². The molecular formula is C11H22N2O. The molecule has 3 heteroatoms. The third-order valence-corrected chi connectivity index (χ3v) is 2.63. The van der Waals surface area contributed by atoms with Crippen LogP contribution in [-0.2, 0) is 4.79 Å². The first-order valence-electron chi connectivity index (χ1n) is 5.24. The summed E-state index contributed by atoms with van der Waals surface area (Å²) in [6, 6.07) is 0.568. The van der Waals surface area contributed by atoms with Crippen molar-refractivity contribution in [2.24, 2.45) is 5.41 Å². The molecule has 0 aromatic heterocycles. The molecule has 0 aromatic rings. The highest BCUT2D eigenvalue weighted by Gasteiger charge is 2.33. The summed E-state index contributed by atoms with van der Waals surface area (Å²) in [5.74, 6) is 0.301. The highest BCUT2D eigenvalue weighted by Crippen LogP contribution is 2.22. The summed E-state index contributed by atoms with van der Waals surface area (Å²) in [5.41, 5.74) is 0.111. The normalized spacial score (nSPS) is 18.6. The van der Waals surface area contributed by atoms with Crippen LogP contribution in [0.5, 0.6) is 0 Å². The second-order valence-corrected chi connectivity index (χ2v) is 5.65. The predicted octanol–water partition coefficient (Wildman–Crippen LogP) is 1.19. The third kappa shape index (κ3) is 2.98. The van der Waals surface area contributed by atoms with Gasteiger partial charge in [0, 0.05) is 25.6 Å². The van der Waals surface area contributed by atoms with Crippen molar-refractivity contribution >= 4 is 5.91 Å². The first kappa shape index (κ1) is 11.5. The quantitative estimate of drug-likeness (QED) is 0.665. The van der Waals surface area contributed by atoms with E-state index in [0.717, 1.165) is 13.1 Å². The number of carbonyl (C=O) groups excluding carboxylic acids is 1. The minimum absolute atomic E-state index is 0.111. The smallest absolute Gasteiger partial charge is 0.223 e. The van der Waals surface area contributed by atoms with Crippen molar-refractivity contribution in [1.82, 2.24) is 9.80 Å². The second-order valence-electron chi connectivity index (χ2n) is 5.65. The molecule has 0 bridgehead atoms. The number of likely N-dealkylation sites (N-methyl/N-ethyl adjacent to an activating group) is 1. The summed E-state index contributed by atoms with van der Waals surface area (Å²) in [5, 5.41) is 0. The van der Waals surface area contributed by atoms with Crippen molar-refractivity contribution in [3.8, 4) is 0 Å². The number of carbonyl (C=O) groups is 1. The van der Waals surface area contributed by atoms with E-state index in [9.17, 15) is 4.79 Å². The Morgan fingerprint density at radius 3 is 2.21 bits per heavy atom. The van der Waals surface area contributed by atoms with Crippen LogP contribution in [0.3, 0.4) is 0 Å². The van der Waals surface area contributed by atoms with E-state index in [-0.39, 0.29) is 5.41 Å². The molecular weight excluding hydrogens is 176 g/mol. The van der Waals surface area contributed by atoms with Crippen LogP contribution >= 0.6 is 0 Å². The summed E-state index contributed by atoms with van der Waals surface area (Å²) in [7, 11) is 4.13. The zero-order chi connectivity index (χ0) is 10.9. The van der Waals surface area contributed by atoms with Crippen LogP contribution in [0.1, 0.15) is 27.2 Å². The number of hydrogen-bond donors (Lipinski definition) is 0. The van der Waals surface area contributed by atoms with E-state index in [2.05, 4.69) is 39.8 Å². The van der Waals surface area contributed by atoms with Gasteiger partial charge in [-0.2, -0.15) is 0 Å². The maximum atomic E-state index is 11.7. The Morgan fingerprint density at radius 2 is 1.86 bits per heavy atom. The van der Waals surface area contributed by atoms with Crippen LogP contribution in [0.15, 0.2) is 0 Å². The van der Waals surface area contributed by atoms with Gasteiger partial charge in [-0.25, -0.2) is 0 Å². The molecule has 1 amide bonds. The SMILES string of the molecule is CN(C)C1CN(C(=O)CC(C)(C)C)C1. The van der Waals surface area contributed by atoms with Gasteiger partial charge in [-0.05, 0) is 19.5 Å². The number of rotatable bonds is 2. The topological polar surface area (TPSA) is 23.6 Å². The van der Waals surface area contributed by atoms with E-state index in [0.29, 0.717) is 18.4 Å². The van der Waals surface area contributed by atoms with Crippen molar-refractivity contribution in [2.75, 3.05) is 27.2 Å². The van der Waals surface area contributed by atoms with Gasteiger partial charge in [0.05, 0.1) is 0 Å². The fourth-order valence-electron chi connectivity index (χ4n) is 1.55. The summed E-state index contributed by atoms with van der Waals surface area (Å²) < 4.78 is 0. The van der Waals surface area contributed by atoms with Gasteiger partial charge in [0.2, 0.25) is 5.91 Å². The average Bonchev–Trinajstić information content (AvgIpc) is 1.75. The Balaban J connectivity index is 2.30. The van der Waals surface area contributed by atoms with Gasteiger partial charge < -0.3 is 9.80 Å². The van der Waals surface area contributed by atoms with Crippen LogP contribution in [0.25, 0.3) is 0 Å². The molecule has 1 aliphatic heterocycles. The molecule has 0 unspecified atom stereocenters. The third-order valence-electron chi connectivity index (χ3n) is 2.63. The van der Waals surface area contributed by atoms with Gasteiger partial charge in [0.25, 0.3) is 0 Å². The lowest BCUT2D eigenvalue weighted by molar-refractivity contribution is -0.139. The van der Waals surface area contributed by atoms with E-state index < -0.39 is 0 Å². The first-order chi connectivity index (χ1) is 6.29. The van der Waals surface area contributed by atoms with Crippen molar-refractivity contribution in [1.29, 1.82) is 0 Å². The molecule has 0 spiro atoms. The largest absolute Gasteiger partial charge is 0.339 e. The summed E-state index contributed by atoms with van der Waals surface area (Å²) in [6.07, 6.45) is 0.660. The molecule has 1 fully saturated rings. The predicted molar refractivity (Wildman–Crippen MR) is 58.1 cm³/mol. The molecule has 0 saturated carbocycles. The van der Waals surface area contributed by atoms with Gasteiger partial charge in [-0.1, -0.05) is 20.8 Å². The number of nitrogens with zero attached hydrogens (tertiary/aromatic N) is 2. The van der Waals surface area contributed by atoms with E-state index in [1.165, 1.54) is 0 Å². The van der Waals surface area contributed by atoms with Crippen molar-refractivity contribution < 1.29 is 4.79 Å². The Labute approximate surface area is 87.1 Å². The van der Waals surface area contributed by atoms with Crippen LogP contribution in [0.2, 0.25) is 0 Å². The Bertz CT molecular complexity index is 212. The van der Waals surface area contributed by atoms with E-state index in [1.807, 2.05) is 4.90 Å². The molecule has 0 radical (unpaired) electrons. The number of amides is 1. The average molecular weight is 198 g/mol. The Morgan fingerprint density at radius 1 is 1.36 bits per heavy atom. The van der Waals surface area contributed by atoms with Crippen LogP contribution < -0.4 is 0 Å². The zero-order valence-electron chi connectivity index (χ0n) is 10.0. The lowest BCUT2D eigenvalue weighted by Gasteiger charge is -2.43. The maximum absolute atomic E-state index is 11.7. The van der Waals surface area contributed by atoms with Crippen molar-refractivity contribution in [3.05, 3.63) is 0 Å². The molecule has 1 rings (SSSR count). The second kappa shape index (κ2) is 3.89. The van der Waals surface area contributed by atoms with Gasteiger partial charge in [0.15, 0.2) is 0 Å². The fraction of sp³-hybridized carbons (Fsp3) is 0.909.